The van der Waals surface area contributed by atoms with Crippen LogP contribution < -0.4 is 4.74 Å². The van der Waals surface area contributed by atoms with Gasteiger partial charge in [-0.3, -0.25) is 0 Å². The molecule has 1 N–H and O–H groups in total. The third-order valence-electron chi connectivity index (χ3n) is 1.72. The number of aliphatic hydroxyl groups is 1. The van der Waals surface area contributed by atoms with Gasteiger partial charge in [-0.1, -0.05) is 0 Å². The molecule has 0 spiro atoms. The molecule has 1 aromatic rings. The summed E-state index contributed by atoms with van der Waals surface area (Å²) in [4.78, 5) is 3.38. The maximum atomic E-state index is 12.6. The van der Waals surface area contributed by atoms with Crippen LogP contribution in [-0.2, 0) is 6.61 Å². The van der Waals surface area contributed by atoms with Crippen LogP contribution >= 0.6 is 15.9 Å². The first kappa shape index (κ1) is 14.1. The van der Waals surface area contributed by atoms with Gasteiger partial charge in [-0.05, 0) is 15.9 Å². The minimum Gasteiger partial charge on any atom is -0.402 e. The highest BCUT2D eigenvalue weighted by molar-refractivity contribution is 9.10. The maximum absolute atomic E-state index is 12.6. The first-order valence-electron chi connectivity index (χ1n) is 4.08. The standard InChI is InChI=1S/C8H5BrF5NO2/c9-6-5(17-8(12,13)14)4(7(10)11)3(2-16)1-15-6/h1,7,16H,2H2. The van der Waals surface area contributed by atoms with Crippen LogP contribution in [0.25, 0.3) is 0 Å². The molecule has 0 atom stereocenters. The average Bonchev–Trinajstić information content (AvgIpc) is 2.18. The zero-order chi connectivity index (χ0) is 13.2. The summed E-state index contributed by atoms with van der Waals surface area (Å²) in [6.45, 7) is -0.867. The number of aromatic nitrogens is 1. The molecule has 0 aliphatic rings. The zero-order valence-electron chi connectivity index (χ0n) is 7.93. The van der Waals surface area contributed by atoms with E-state index in [9.17, 15) is 22.0 Å². The fraction of sp³-hybridized carbons (Fsp3) is 0.375. The fourth-order valence-corrected chi connectivity index (χ4v) is 1.49. The normalized spacial score (nSPS) is 12.0. The van der Waals surface area contributed by atoms with Crippen LogP contribution in [0.15, 0.2) is 10.8 Å². The van der Waals surface area contributed by atoms with E-state index in [1.165, 1.54) is 0 Å². The quantitative estimate of drug-likeness (QED) is 0.687. The molecule has 1 rings (SSSR count). The first-order chi connectivity index (χ1) is 7.76. The van der Waals surface area contributed by atoms with E-state index >= 15 is 0 Å². The zero-order valence-corrected chi connectivity index (χ0v) is 9.52. The summed E-state index contributed by atoms with van der Waals surface area (Å²) in [5.41, 5.74) is -1.46. The molecule has 0 aliphatic carbocycles. The van der Waals surface area contributed by atoms with Crippen molar-refractivity contribution in [2.75, 3.05) is 0 Å². The van der Waals surface area contributed by atoms with E-state index in [-0.39, 0.29) is 0 Å². The molecule has 3 nitrogen and oxygen atoms in total. The summed E-state index contributed by atoms with van der Waals surface area (Å²) in [5.74, 6) is -1.14. The Morgan fingerprint density at radius 2 is 2.00 bits per heavy atom. The van der Waals surface area contributed by atoms with Crippen LogP contribution in [0.4, 0.5) is 22.0 Å². The van der Waals surface area contributed by atoms with Crippen molar-refractivity contribution < 1.29 is 31.8 Å². The highest BCUT2D eigenvalue weighted by atomic mass is 79.9. The van der Waals surface area contributed by atoms with E-state index in [0.717, 1.165) is 6.20 Å². The molecule has 1 heterocycles. The van der Waals surface area contributed by atoms with Crippen molar-refractivity contribution in [3.05, 3.63) is 21.9 Å². The van der Waals surface area contributed by atoms with E-state index in [0.29, 0.717) is 0 Å². The van der Waals surface area contributed by atoms with E-state index in [1.54, 1.807) is 0 Å². The van der Waals surface area contributed by atoms with Gasteiger partial charge < -0.3 is 9.84 Å². The second-order valence-corrected chi connectivity index (χ2v) is 3.57. The third kappa shape index (κ3) is 3.50. The molecule has 1 aromatic heterocycles. The van der Waals surface area contributed by atoms with Crippen LogP contribution in [0, 0.1) is 0 Å². The Hall–Kier alpha value is -0.960. The highest BCUT2D eigenvalue weighted by Gasteiger charge is 2.35. The molecule has 0 unspecified atom stereocenters. The van der Waals surface area contributed by atoms with Crippen molar-refractivity contribution in [3.63, 3.8) is 0 Å². The number of pyridine rings is 1. The molecule has 0 saturated carbocycles. The van der Waals surface area contributed by atoms with Gasteiger partial charge in [0.2, 0.25) is 0 Å². The second kappa shape index (κ2) is 5.13. The van der Waals surface area contributed by atoms with E-state index < -0.39 is 40.9 Å². The fourth-order valence-electron chi connectivity index (χ4n) is 1.10. The Labute approximate surface area is 100 Å². The Morgan fingerprint density at radius 3 is 2.41 bits per heavy atom. The number of hydrogen-bond donors (Lipinski definition) is 1. The van der Waals surface area contributed by atoms with Gasteiger partial charge in [0.05, 0.1) is 12.2 Å². The molecule has 0 bridgehead atoms. The Bertz CT molecular complexity index is 410. The number of nitrogens with zero attached hydrogens (tertiary/aromatic N) is 1. The molecule has 0 saturated heterocycles. The van der Waals surface area contributed by atoms with Crippen molar-refractivity contribution in [1.29, 1.82) is 0 Å². The van der Waals surface area contributed by atoms with Gasteiger partial charge >= 0.3 is 6.36 Å². The van der Waals surface area contributed by atoms with Crippen LogP contribution in [0.3, 0.4) is 0 Å². The number of halogens is 6. The number of ether oxygens (including phenoxy) is 1. The van der Waals surface area contributed by atoms with Gasteiger partial charge in [0.1, 0.15) is 4.60 Å². The van der Waals surface area contributed by atoms with Crippen LogP contribution in [0.2, 0.25) is 0 Å². The van der Waals surface area contributed by atoms with Gasteiger partial charge in [0.15, 0.2) is 5.75 Å². The molecule has 17 heavy (non-hydrogen) atoms. The van der Waals surface area contributed by atoms with Gasteiger partial charge in [0, 0.05) is 11.8 Å². The van der Waals surface area contributed by atoms with Crippen LogP contribution in [0.1, 0.15) is 17.6 Å². The Kier molecular flexibility index (Phi) is 4.26. The monoisotopic (exact) mass is 321 g/mol. The van der Waals surface area contributed by atoms with Crippen LogP contribution in [0.5, 0.6) is 5.75 Å². The lowest BCUT2D eigenvalue weighted by Gasteiger charge is -2.16. The minimum absolute atomic E-state index is 0.428. The molecular weight excluding hydrogens is 317 g/mol. The molecule has 0 fully saturated rings. The van der Waals surface area contributed by atoms with Crippen molar-refractivity contribution in [1.82, 2.24) is 4.98 Å². The second-order valence-electron chi connectivity index (χ2n) is 2.82. The predicted molar refractivity (Wildman–Crippen MR) is 49.5 cm³/mol. The van der Waals surface area contributed by atoms with Gasteiger partial charge in [-0.25, -0.2) is 13.8 Å². The van der Waals surface area contributed by atoms with Gasteiger partial charge in [-0.15, -0.1) is 13.2 Å². The van der Waals surface area contributed by atoms with Gasteiger partial charge in [0.25, 0.3) is 6.43 Å². The number of aliphatic hydroxyl groups excluding tert-OH is 1. The number of alkyl halides is 5. The smallest absolute Gasteiger partial charge is 0.402 e. The summed E-state index contributed by atoms with van der Waals surface area (Å²) >= 11 is 2.58. The molecule has 96 valence electrons. The minimum atomic E-state index is -5.12. The van der Waals surface area contributed by atoms with Crippen LogP contribution in [-0.4, -0.2) is 16.5 Å². The van der Waals surface area contributed by atoms with E-state index in [4.69, 9.17) is 5.11 Å². The molecule has 9 heteroatoms. The summed E-state index contributed by atoms with van der Waals surface area (Å²) in [6.07, 6.45) is -7.51. The summed E-state index contributed by atoms with van der Waals surface area (Å²) in [7, 11) is 0. The predicted octanol–water partition coefficient (Wildman–Crippen LogP) is 3.17. The average molecular weight is 322 g/mol. The summed E-state index contributed by atoms with van der Waals surface area (Å²) < 4.78 is 64.3. The molecule has 0 amide bonds. The highest BCUT2D eigenvalue weighted by Crippen LogP contribution is 2.39. The lowest BCUT2D eigenvalue weighted by atomic mass is 10.1. The first-order valence-corrected chi connectivity index (χ1v) is 4.87. The topological polar surface area (TPSA) is 42.4 Å². The Morgan fingerprint density at radius 1 is 1.41 bits per heavy atom. The Balaban J connectivity index is 3.34. The van der Waals surface area contributed by atoms with E-state index in [1.807, 2.05) is 0 Å². The molecular formula is C8H5BrF5NO2. The lowest BCUT2D eigenvalue weighted by Crippen LogP contribution is -2.19. The molecule has 0 radical (unpaired) electrons. The van der Waals surface area contributed by atoms with Crippen molar-refractivity contribution >= 4 is 15.9 Å². The maximum Gasteiger partial charge on any atom is 0.573 e. The third-order valence-corrected chi connectivity index (χ3v) is 2.28. The molecule has 0 aromatic carbocycles. The SMILES string of the molecule is OCc1cnc(Br)c(OC(F)(F)F)c1C(F)F. The lowest BCUT2D eigenvalue weighted by molar-refractivity contribution is -0.275. The van der Waals surface area contributed by atoms with Crippen molar-refractivity contribution in [2.45, 2.75) is 19.4 Å². The van der Waals surface area contributed by atoms with Gasteiger partial charge in [-0.2, -0.15) is 0 Å². The summed E-state index contributed by atoms with van der Waals surface area (Å²) in [6, 6.07) is 0. The van der Waals surface area contributed by atoms with Crippen molar-refractivity contribution in [3.8, 4) is 5.75 Å². The summed E-state index contributed by atoms with van der Waals surface area (Å²) in [5, 5.41) is 8.76. The largest absolute Gasteiger partial charge is 0.573 e. The molecule has 0 aliphatic heterocycles. The number of rotatable bonds is 3. The number of hydrogen-bond acceptors (Lipinski definition) is 3. The van der Waals surface area contributed by atoms with E-state index in [2.05, 4.69) is 25.7 Å². The van der Waals surface area contributed by atoms with Crippen molar-refractivity contribution in [2.24, 2.45) is 0 Å².